The summed E-state index contributed by atoms with van der Waals surface area (Å²) in [5, 5.41) is 9.71. The standard InChI is InChI=1S/C15H24N2O2/c1-19-14-8-5-9-17(10-14)11-15(16,12-18)13-6-3-2-4-7-13/h2-4,6-7,14,18H,5,8-12,16H2,1H3. The summed E-state index contributed by atoms with van der Waals surface area (Å²) in [6.45, 7) is 2.52. The molecule has 0 spiro atoms. The van der Waals surface area contributed by atoms with E-state index in [2.05, 4.69) is 4.90 Å². The number of methoxy groups -OCH3 is 1. The zero-order chi connectivity index (χ0) is 13.7. The minimum Gasteiger partial charge on any atom is -0.394 e. The molecule has 2 unspecified atom stereocenters. The van der Waals surface area contributed by atoms with E-state index < -0.39 is 5.54 Å². The Balaban J connectivity index is 2.06. The second-order valence-corrected chi connectivity index (χ2v) is 5.42. The average molecular weight is 264 g/mol. The fourth-order valence-corrected chi connectivity index (χ4v) is 2.75. The maximum Gasteiger partial charge on any atom is 0.0772 e. The van der Waals surface area contributed by atoms with Crippen LogP contribution < -0.4 is 5.73 Å². The largest absolute Gasteiger partial charge is 0.394 e. The Morgan fingerprint density at radius 2 is 2.16 bits per heavy atom. The number of aliphatic hydroxyl groups excluding tert-OH is 1. The molecule has 3 N–H and O–H groups in total. The van der Waals surface area contributed by atoms with Gasteiger partial charge in [-0.05, 0) is 24.9 Å². The zero-order valence-electron chi connectivity index (χ0n) is 11.6. The van der Waals surface area contributed by atoms with Crippen LogP contribution in [0.15, 0.2) is 30.3 Å². The lowest BCUT2D eigenvalue weighted by Crippen LogP contribution is -2.53. The molecule has 1 saturated heterocycles. The van der Waals surface area contributed by atoms with Crippen molar-refractivity contribution in [2.24, 2.45) is 5.73 Å². The monoisotopic (exact) mass is 264 g/mol. The molecular formula is C15H24N2O2. The van der Waals surface area contributed by atoms with E-state index >= 15 is 0 Å². The normalized spacial score (nSPS) is 24.1. The van der Waals surface area contributed by atoms with E-state index in [9.17, 15) is 5.11 Å². The molecule has 1 heterocycles. The topological polar surface area (TPSA) is 58.7 Å². The molecule has 1 aromatic rings. The highest BCUT2D eigenvalue weighted by molar-refractivity contribution is 5.24. The van der Waals surface area contributed by atoms with E-state index in [0.717, 1.165) is 31.5 Å². The van der Waals surface area contributed by atoms with Gasteiger partial charge in [0.25, 0.3) is 0 Å². The van der Waals surface area contributed by atoms with Gasteiger partial charge in [0.05, 0.1) is 18.2 Å². The summed E-state index contributed by atoms with van der Waals surface area (Å²) in [6.07, 6.45) is 2.51. The maximum absolute atomic E-state index is 9.71. The molecule has 19 heavy (non-hydrogen) atoms. The average Bonchev–Trinajstić information content (AvgIpc) is 2.48. The molecule has 0 radical (unpaired) electrons. The molecule has 106 valence electrons. The second kappa shape index (κ2) is 6.48. The first-order chi connectivity index (χ1) is 9.18. The van der Waals surface area contributed by atoms with Gasteiger partial charge in [0.2, 0.25) is 0 Å². The van der Waals surface area contributed by atoms with E-state index in [1.807, 2.05) is 30.3 Å². The zero-order valence-corrected chi connectivity index (χ0v) is 11.6. The van der Waals surface area contributed by atoms with Crippen LogP contribution in [0, 0.1) is 0 Å². The molecule has 2 rings (SSSR count). The van der Waals surface area contributed by atoms with Gasteiger partial charge in [0.1, 0.15) is 0 Å². The van der Waals surface area contributed by atoms with Crippen LogP contribution in [0.1, 0.15) is 18.4 Å². The molecule has 0 saturated carbocycles. The summed E-state index contributed by atoms with van der Waals surface area (Å²) < 4.78 is 5.43. The van der Waals surface area contributed by atoms with Gasteiger partial charge in [-0.15, -0.1) is 0 Å². The predicted octanol–water partition coefficient (Wildman–Crippen LogP) is 0.944. The minimum absolute atomic E-state index is 0.0504. The van der Waals surface area contributed by atoms with Crippen molar-refractivity contribution < 1.29 is 9.84 Å². The van der Waals surface area contributed by atoms with Gasteiger partial charge in [-0.3, -0.25) is 4.90 Å². The van der Waals surface area contributed by atoms with Gasteiger partial charge in [-0.2, -0.15) is 0 Å². The Hall–Kier alpha value is -0.940. The minimum atomic E-state index is -0.698. The van der Waals surface area contributed by atoms with Crippen LogP contribution in [0.25, 0.3) is 0 Å². The quantitative estimate of drug-likeness (QED) is 0.831. The molecule has 4 nitrogen and oxygen atoms in total. The van der Waals surface area contributed by atoms with Crippen LogP contribution in [0.2, 0.25) is 0 Å². The van der Waals surface area contributed by atoms with Gasteiger partial charge < -0.3 is 15.6 Å². The van der Waals surface area contributed by atoms with Crippen LogP contribution in [0.3, 0.4) is 0 Å². The summed E-state index contributed by atoms with van der Waals surface area (Å²) >= 11 is 0. The van der Waals surface area contributed by atoms with Crippen molar-refractivity contribution in [2.45, 2.75) is 24.5 Å². The molecule has 4 heteroatoms. The van der Waals surface area contributed by atoms with Gasteiger partial charge in [-0.1, -0.05) is 30.3 Å². The fraction of sp³-hybridized carbons (Fsp3) is 0.600. The van der Waals surface area contributed by atoms with Crippen LogP contribution >= 0.6 is 0 Å². The summed E-state index contributed by atoms with van der Waals surface area (Å²) in [5.41, 5.74) is 6.69. The van der Waals surface area contributed by atoms with E-state index in [0.29, 0.717) is 6.54 Å². The molecule has 0 aromatic heterocycles. The molecule has 1 aliphatic rings. The van der Waals surface area contributed by atoms with E-state index in [1.54, 1.807) is 7.11 Å². The third kappa shape index (κ3) is 3.54. The lowest BCUT2D eigenvalue weighted by atomic mass is 9.90. The number of hydrogen-bond donors (Lipinski definition) is 2. The Kier molecular flexibility index (Phi) is 4.93. The van der Waals surface area contributed by atoms with Gasteiger partial charge in [0.15, 0.2) is 0 Å². The third-order valence-electron chi connectivity index (χ3n) is 3.93. The molecule has 1 fully saturated rings. The lowest BCUT2D eigenvalue weighted by Gasteiger charge is -2.38. The summed E-state index contributed by atoms with van der Waals surface area (Å²) in [7, 11) is 1.76. The highest BCUT2D eigenvalue weighted by Gasteiger charge is 2.31. The van der Waals surface area contributed by atoms with E-state index in [-0.39, 0.29) is 12.7 Å². The first-order valence-electron chi connectivity index (χ1n) is 6.88. The van der Waals surface area contributed by atoms with Crippen molar-refractivity contribution in [1.82, 2.24) is 4.90 Å². The first kappa shape index (κ1) is 14.5. The highest BCUT2D eigenvalue weighted by Crippen LogP contribution is 2.22. The second-order valence-electron chi connectivity index (χ2n) is 5.42. The van der Waals surface area contributed by atoms with Gasteiger partial charge in [-0.25, -0.2) is 0 Å². The summed E-state index contributed by atoms with van der Waals surface area (Å²) in [4.78, 5) is 2.29. The smallest absolute Gasteiger partial charge is 0.0772 e. The number of likely N-dealkylation sites (tertiary alicyclic amines) is 1. The molecular weight excluding hydrogens is 240 g/mol. The molecule has 0 amide bonds. The Labute approximate surface area is 115 Å². The molecule has 0 bridgehead atoms. The third-order valence-corrected chi connectivity index (χ3v) is 3.93. The number of hydrogen-bond acceptors (Lipinski definition) is 4. The molecule has 0 aliphatic carbocycles. The summed E-state index contributed by atoms with van der Waals surface area (Å²) in [5.74, 6) is 0. The van der Waals surface area contributed by atoms with Crippen LogP contribution in [0.5, 0.6) is 0 Å². The maximum atomic E-state index is 9.71. The molecule has 2 atom stereocenters. The van der Waals surface area contributed by atoms with Crippen molar-refractivity contribution in [3.63, 3.8) is 0 Å². The molecule has 1 aliphatic heterocycles. The number of nitrogens with two attached hydrogens (primary N) is 1. The number of rotatable bonds is 5. The molecule has 1 aromatic carbocycles. The van der Waals surface area contributed by atoms with Gasteiger partial charge >= 0.3 is 0 Å². The Bertz CT molecular complexity index is 385. The van der Waals surface area contributed by atoms with Crippen LogP contribution in [0.4, 0.5) is 0 Å². The van der Waals surface area contributed by atoms with Gasteiger partial charge in [0, 0.05) is 20.2 Å². The summed E-state index contributed by atoms with van der Waals surface area (Å²) in [6, 6.07) is 9.84. The first-order valence-corrected chi connectivity index (χ1v) is 6.88. The van der Waals surface area contributed by atoms with E-state index in [4.69, 9.17) is 10.5 Å². The SMILES string of the molecule is COC1CCCN(CC(N)(CO)c2ccccc2)C1. The number of piperidine rings is 1. The van der Waals surface area contributed by atoms with Crippen molar-refractivity contribution in [2.75, 3.05) is 33.4 Å². The number of nitrogens with zero attached hydrogens (tertiary/aromatic N) is 1. The van der Waals surface area contributed by atoms with Crippen molar-refractivity contribution >= 4 is 0 Å². The van der Waals surface area contributed by atoms with Crippen LogP contribution in [-0.4, -0.2) is 49.5 Å². The van der Waals surface area contributed by atoms with Crippen LogP contribution in [-0.2, 0) is 10.3 Å². The predicted molar refractivity (Wildman–Crippen MR) is 75.9 cm³/mol. The van der Waals surface area contributed by atoms with Crippen molar-refractivity contribution in [3.05, 3.63) is 35.9 Å². The highest BCUT2D eigenvalue weighted by atomic mass is 16.5. The number of aliphatic hydroxyl groups is 1. The lowest BCUT2D eigenvalue weighted by molar-refractivity contribution is 0.0174. The fourth-order valence-electron chi connectivity index (χ4n) is 2.75. The van der Waals surface area contributed by atoms with E-state index in [1.165, 1.54) is 0 Å². The Morgan fingerprint density at radius 1 is 1.42 bits per heavy atom. The Morgan fingerprint density at radius 3 is 2.79 bits per heavy atom. The van der Waals surface area contributed by atoms with Crippen molar-refractivity contribution in [1.29, 1.82) is 0 Å². The van der Waals surface area contributed by atoms with Crippen molar-refractivity contribution in [3.8, 4) is 0 Å². The number of benzene rings is 1. The number of ether oxygens (including phenoxy) is 1.